The largest absolute Gasteiger partial charge is 0.380 e. The zero-order valence-corrected chi connectivity index (χ0v) is 17.1. The van der Waals surface area contributed by atoms with Crippen molar-refractivity contribution in [1.82, 2.24) is 10.6 Å². The van der Waals surface area contributed by atoms with Gasteiger partial charge in [0.05, 0.1) is 19.3 Å². The first-order chi connectivity index (χ1) is 10.7. The first-order valence-electron chi connectivity index (χ1n) is 8.44. The quantitative estimate of drug-likeness (QED) is 0.222. The minimum Gasteiger partial charge on any atom is -0.380 e. The molecule has 1 aliphatic rings. The second kappa shape index (κ2) is 15.4. The lowest BCUT2D eigenvalue weighted by molar-refractivity contribution is 0.0420. The molecule has 0 aromatic carbocycles. The van der Waals surface area contributed by atoms with Crippen LogP contribution in [0.15, 0.2) is 4.99 Å². The molecule has 0 aromatic heterocycles. The van der Waals surface area contributed by atoms with E-state index in [4.69, 9.17) is 14.2 Å². The monoisotopic (exact) mass is 443 g/mol. The van der Waals surface area contributed by atoms with E-state index < -0.39 is 0 Å². The Morgan fingerprint density at radius 1 is 1.22 bits per heavy atom. The number of aliphatic imine (C=N–C) groups is 1. The first-order valence-corrected chi connectivity index (χ1v) is 8.44. The number of guanidine groups is 1. The number of ether oxygens (including phenoxy) is 3. The van der Waals surface area contributed by atoms with Crippen LogP contribution in [0, 0.1) is 5.92 Å². The summed E-state index contributed by atoms with van der Waals surface area (Å²) in [5.41, 5.74) is 0. The van der Waals surface area contributed by atoms with Crippen molar-refractivity contribution in [1.29, 1.82) is 0 Å². The van der Waals surface area contributed by atoms with E-state index in [2.05, 4.69) is 29.5 Å². The molecule has 1 fully saturated rings. The smallest absolute Gasteiger partial charge is 0.191 e. The molecule has 1 saturated heterocycles. The molecule has 1 unspecified atom stereocenters. The number of rotatable bonds is 11. The van der Waals surface area contributed by atoms with Gasteiger partial charge in [-0.25, -0.2) is 0 Å². The Balaban J connectivity index is 0.00000484. The van der Waals surface area contributed by atoms with Gasteiger partial charge in [-0.15, -0.1) is 24.0 Å². The third-order valence-corrected chi connectivity index (χ3v) is 3.46. The molecular weight excluding hydrogens is 409 g/mol. The fourth-order valence-electron chi connectivity index (χ4n) is 2.06. The number of halogens is 1. The highest BCUT2D eigenvalue weighted by atomic mass is 127. The van der Waals surface area contributed by atoms with Crippen LogP contribution in [0.3, 0.4) is 0 Å². The molecule has 0 aromatic rings. The number of nitrogens with zero attached hydrogens (tertiary/aromatic N) is 1. The number of hydrogen-bond acceptors (Lipinski definition) is 4. The fourth-order valence-corrected chi connectivity index (χ4v) is 2.06. The molecule has 1 aliphatic heterocycles. The van der Waals surface area contributed by atoms with Gasteiger partial charge in [0.25, 0.3) is 0 Å². The van der Waals surface area contributed by atoms with Crippen LogP contribution in [-0.4, -0.2) is 65.2 Å². The molecule has 6 nitrogen and oxygen atoms in total. The zero-order chi connectivity index (χ0) is 16.0. The minimum absolute atomic E-state index is 0. The Labute approximate surface area is 158 Å². The molecule has 1 heterocycles. The van der Waals surface area contributed by atoms with E-state index in [1.807, 2.05) is 0 Å². The maximum Gasteiger partial charge on any atom is 0.191 e. The van der Waals surface area contributed by atoms with Gasteiger partial charge >= 0.3 is 0 Å². The number of nitrogens with one attached hydrogen (secondary N) is 2. The molecule has 2 N–H and O–H groups in total. The summed E-state index contributed by atoms with van der Waals surface area (Å²) in [7, 11) is 1.78. The molecule has 0 radical (unpaired) electrons. The van der Waals surface area contributed by atoms with Gasteiger partial charge in [-0.1, -0.05) is 13.8 Å². The van der Waals surface area contributed by atoms with Gasteiger partial charge in [-0.3, -0.25) is 4.99 Å². The molecule has 0 bridgehead atoms. The van der Waals surface area contributed by atoms with Crippen molar-refractivity contribution in [3.05, 3.63) is 0 Å². The van der Waals surface area contributed by atoms with Crippen LogP contribution in [-0.2, 0) is 14.2 Å². The Bertz CT molecular complexity index is 298. The van der Waals surface area contributed by atoms with Crippen molar-refractivity contribution in [3.63, 3.8) is 0 Å². The van der Waals surface area contributed by atoms with Gasteiger partial charge in [-0.05, 0) is 25.2 Å². The van der Waals surface area contributed by atoms with E-state index in [1.54, 1.807) is 7.05 Å². The second-order valence-corrected chi connectivity index (χ2v) is 5.93. The van der Waals surface area contributed by atoms with Gasteiger partial charge in [0.1, 0.15) is 0 Å². The fraction of sp³-hybridized carbons (Fsp3) is 0.938. The third-order valence-electron chi connectivity index (χ3n) is 3.46. The Morgan fingerprint density at radius 3 is 2.65 bits per heavy atom. The summed E-state index contributed by atoms with van der Waals surface area (Å²) in [6, 6.07) is 0. The molecule has 0 spiro atoms. The maximum atomic E-state index is 5.72. The van der Waals surface area contributed by atoms with Crippen LogP contribution in [0.2, 0.25) is 0 Å². The lowest BCUT2D eigenvalue weighted by Crippen LogP contribution is -2.39. The van der Waals surface area contributed by atoms with Gasteiger partial charge in [0.2, 0.25) is 0 Å². The highest BCUT2D eigenvalue weighted by Crippen LogP contribution is 2.07. The van der Waals surface area contributed by atoms with Crippen LogP contribution in [0.25, 0.3) is 0 Å². The molecule has 138 valence electrons. The van der Waals surface area contributed by atoms with Crippen LogP contribution >= 0.6 is 24.0 Å². The summed E-state index contributed by atoms with van der Waals surface area (Å²) in [5, 5.41) is 6.52. The van der Waals surface area contributed by atoms with Crippen molar-refractivity contribution < 1.29 is 14.2 Å². The van der Waals surface area contributed by atoms with Crippen molar-refractivity contribution in [2.75, 3.05) is 53.2 Å². The zero-order valence-electron chi connectivity index (χ0n) is 14.8. The molecular formula is C16H34IN3O3. The summed E-state index contributed by atoms with van der Waals surface area (Å²) in [6.07, 6.45) is 3.38. The first kappa shape index (κ1) is 22.9. The summed E-state index contributed by atoms with van der Waals surface area (Å²) in [6.45, 7) is 9.90. The molecule has 0 aliphatic carbocycles. The predicted molar refractivity (Wildman–Crippen MR) is 105 cm³/mol. The summed E-state index contributed by atoms with van der Waals surface area (Å²) in [5.74, 6) is 1.51. The molecule has 1 rings (SSSR count). The van der Waals surface area contributed by atoms with Crippen molar-refractivity contribution in [2.45, 2.75) is 39.2 Å². The van der Waals surface area contributed by atoms with E-state index >= 15 is 0 Å². The summed E-state index contributed by atoms with van der Waals surface area (Å²) < 4.78 is 16.6. The van der Waals surface area contributed by atoms with Gasteiger partial charge in [-0.2, -0.15) is 0 Å². The summed E-state index contributed by atoms with van der Waals surface area (Å²) >= 11 is 0. The molecule has 23 heavy (non-hydrogen) atoms. The van der Waals surface area contributed by atoms with Gasteiger partial charge in [0, 0.05) is 40.0 Å². The normalized spacial score (nSPS) is 18.1. The molecule has 7 heteroatoms. The Kier molecular flexibility index (Phi) is 15.3. The van der Waals surface area contributed by atoms with Crippen LogP contribution < -0.4 is 10.6 Å². The maximum absolute atomic E-state index is 5.72. The van der Waals surface area contributed by atoms with Crippen LogP contribution in [0.1, 0.15) is 33.1 Å². The molecule has 0 amide bonds. The standard InChI is InChI=1S/C16H33N3O3.HI/c1-14(2)5-10-20-12-8-19-16(17-3)18-7-4-9-22-15-6-11-21-13-15;/h14-15H,4-13H2,1-3H3,(H2,17,18,19);1H. The van der Waals surface area contributed by atoms with E-state index in [0.29, 0.717) is 18.6 Å². The third kappa shape index (κ3) is 12.9. The van der Waals surface area contributed by atoms with Crippen molar-refractivity contribution >= 4 is 29.9 Å². The topological polar surface area (TPSA) is 64.1 Å². The molecule has 0 saturated carbocycles. The Hall–Kier alpha value is -0.120. The van der Waals surface area contributed by atoms with Crippen LogP contribution in [0.5, 0.6) is 0 Å². The van der Waals surface area contributed by atoms with Crippen molar-refractivity contribution in [2.24, 2.45) is 10.9 Å². The van der Waals surface area contributed by atoms with E-state index in [-0.39, 0.29) is 24.0 Å². The van der Waals surface area contributed by atoms with E-state index in [0.717, 1.165) is 64.7 Å². The van der Waals surface area contributed by atoms with E-state index in [1.165, 1.54) is 0 Å². The average molecular weight is 443 g/mol. The van der Waals surface area contributed by atoms with Gasteiger partial charge < -0.3 is 24.8 Å². The highest BCUT2D eigenvalue weighted by molar-refractivity contribution is 14.0. The average Bonchev–Trinajstić information content (AvgIpc) is 3.01. The Morgan fingerprint density at radius 2 is 2.00 bits per heavy atom. The van der Waals surface area contributed by atoms with E-state index in [9.17, 15) is 0 Å². The second-order valence-electron chi connectivity index (χ2n) is 5.93. The predicted octanol–water partition coefficient (Wildman–Crippen LogP) is 2.03. The molecule has 1 atom stereocenters. The lowest BCUT2D eigenvalue weighted by Gasteiger charge is -2.13. The van der Waals surface area contributed by atoms with Gasteiger partial charge in [0.15, 0.2) is 5.96 Å². The number of hydrogen-bond donors (Lipinski definition) is 2. The minimum atomic E-state index is 0. The van der Waals surface area contributed by atoms with Crippen molar-refractivity contribution in [3.8, 4) is 0 Å². The SMILES string of the molecule is CN=C(NCCCOC1CCOC1)NCCOCCC(C)C.I. The highest BCUT2D eigenvalue weighted by Gasteiger charge is 2.15. The lowest BCUT2D eigenvalue weighted by atomic mass is 10.1. The van der Waals surface area contributed by atoms with Crippen LogP contribution in [0.4, 0.5) is 0 Å². The summed E-state index contributed by atoms with van der Waals surface area (Å²) in [4.78, 5) is 4.19.